The predicted molar refractivity (Wildman–Crippen MR) is 335 cm³/mol. The van der Waals surface area contributed by atoms with Crippen LogP contribution in [-0.2, 0) is 0 Å². The second-order valence-electron chi connectivity index (χ2n) is 21.5. The van der Waals surface area contributed by atoms with Crippen LogP contribution in [0.5, 0.6) is 0 Å². The van der Waals surface area contributed by atoms with Crippen LogP contribution in [0.2, 0.25) is 0 Å². The highest BCUT2D eigenvalue weighted by molar-refractivity contribution is 5.86. The van der Waals surface area contributed by atoms with Crippen molar-refractivity contribution in [1.29, 1.82) is 0 Å². The number of aromatic nitrogens is 6. The molecule has 0 aliphatic rings. The summed E-state index contributed by atoms with van der Waals surface area (Å²) in [5, 5.41) is 8.79. The Morgan fingerprint density at radius 1 is 0.269 bits per heavy atom. The number of fused-ring (bicyclic) bond motifs is 6. The molecule has 0 spiro atoms. The van der Waals surface area contributed by atoms with Crippen molar-refractivity contribution < 1.29 is 0 Å². The van der Waals surface area contributed by atoms with E-state index in [1.807, 2.05) is 67.4 Å². The maximum absolute atomic E-state index is 4.57. The van der Waals surface area contributed by atoms with Crippen LogP contribution in [0.15, 0.2) is 219 Å². The lowest BCUT2D eigenvalue weighted by Gasteiger charge is -2.08. The van der Waals surface area contributed by atoms with E-state index in [0.29, 0.717) is 35.5 Å². The van der Waals surface area contributed by atoms with Crippen LogP contribution in [0, 0.1) is 0 Å². The van der Waals surface area contributed by atoms with E-state index >= 15 is 0 Å². The van der Waals surface area contributed by atoms with Gasteiger partial charge in [0.15, 0.2) is 0 Å². The summed E-state index contributed by atoms with van der Waals surface area (Å²) in [6, 6.07) is 64.7. The van der Waals surface area contributed by atoms with Gasteiger partial charge in [-0.1, -0.05) is 204 Å². The van der Waals surface area contributed by atoms with Gasteiger partial charge in [0, 0.05) is 69.0 Å². The van der Waals surface area contributed by atoms with Crippen LogP contribution in [0.3, 0.4) is 0 Å². The molecule has 0 saturated carbocycles. The summed E-state index contributed by atoms with van der Waals surface area (Å²) in [6.45, 7) is 26.3. The molecule has 0 bridgehead atoms. The third-order valence-electron chi connectivity index (χ3n) is 13.6. The zero-order valence-electron chi connectivity index (χ0n) is 47.9. The fourth-order valence-electron chi connectivity index (χ4n) is 9.31. The van der Waals surface area contributed by atoms with E-state index in [1.54, 1.807) is 0 Å². The summed E-state index contributed by atoms with van der Waals surface area (Å²) in [7, 11) is 0. The van der Waals surface area contributed by atoms with Crippen LogP contribution in [0.1, 0.15) is 152 Å². The Bertz CT molecular complexity index is 3350. The van der Waals surface area contributed by atoms with Gasteiger partial charge in [-0.15, -0.1) is 0 Å². The Morgan fingerprint density at radius 3 is 1.45 bits per heavy atom. The Labute approximate surface area is 464 Å². The van der Waals surface area contributed by atoms with Gasteiger partial charge in [-0.2, -0.15) is 0 Å². The molecule has 0 amide bonds. The van der Waals surface area contributed by atoms with Gasteiger partial charge < -0.3 is 0 Å². The molecule has 396 valence electrons. The summed E-state index contributed by atoms with van der Waals surface area (Å²) >= 11 is 0. The first-order valence-electron chi connectivity index (χ1n) is 27.7. The van der Waals surface area contributed by atoms with Crippen LogP contribution < -0.4 is 0 Å². The maximum Gasteiger partial charge on any atom is 0.0736 e. The largest absolute Gasteiger partial charge is 0.260 e. The SMILES string of the molecule is CC(C)c1ccc2ccccc2n1.CC(C)c1ccc2ncccc2c1.CC(C)c1cccc2cccnc12.CC(C)c1cccc2ncccc12.CC(C)c1ccnc2ccccc12.CC(C)c1nccc2ccccc12. The maximum atomic E-state index is 4.57. The van der Waals surface area contributed by atoms with Crippen molar-refractivity contribution in [1.82, 2.24) is 29.9 Å². The number of hydrogen-bond acceptors (Lipinski definition) is 6. The van der Waals surface area contributed by atoms with Crippen LogP contribution in [0.4, 0.5) is 0 Å². The molecule has 0 saturated heterocycles. The molecule has 6 nitrogen and oxygen atoms in total. The quantitative estimate of drug-likeness (QED) is 0.165. The Morgan fingerprint density at radius 2 is 0.769 bits per heavy atom. The lowest BCUT2D eigenvalue weighted by Crippen LogP contribution is -1.92. The molecule has 6 aromatic heterocycles. The van der Waals surface area contributed by atoms with E-state index in [-0.39, 0.29) is 0 Å². The second kappa shape index (κ2) is 28.2. The van der Waals surface area contributed by atoms with Gasteiger partial charge in [-0.25, -0.2) is 0 Å². The summed E-state index contributed by atoms with van der Waals surface area (Å²) < 4.78 is 0. The summed E-state index contributed by atoms with van der Waals surface area (Å²) in [6.07, 6.45) is 9.30. The van der Waals surface area contributed by atoms with Crippen molar-refractivity contribution in [2.75, 3.05) is 0 Å². The predicted octanol–water partition coefficient (Wildman–Crippen LogP) is 20.1. The molecule has 0 radical (unpaired) electrons. The molecule has 0 unspecified atom stereocenters. The zero-order valence-corrected chi connectivity index (χ0v) is 47.9. The third kappa shape index (κ3) is 15.5. The molecule has 0 fully saturated rings. The molecule has 0 N–H and O–H groups in total. The standard InChI is InChI=1S/6C12H13N/c1-9(2)10-5-3-7-12-11(10)6-4-8-13-12;1-9(2)11-7-3-5-10-6-4-8-13-12(10)11;1-9(2)10-5-6-12-11(8-10)4-3-7-13-12;1-9(2)10-7-8-13-12-6-4-3-5-11(10)12;1-9(2)11-8-7-10-5-3-4-6-12(10)13-11;1-9(2)12-11-6-4-3-5-10(11)7-8-13-12/h6*3-9H,1-2H3. The summed E-state index contributed by atoms with van der Waals surface area (Å²) in [4.78, 5) is 26.3. The molecule has 0 aliphatic heterocycles. The number of para-hydroxylation sites is 3. The first-order valence-corrected chi connectivity index (χ1v) is 27.7. The minimum absolute atomic E-state index is 0.492. The van der Waals surface area contributed by atoms with Gasteiger partial charge in [0.2, 0.25) is 0 Å². The topological polar surface area (TPSA) is 77.3 Å². The van der Waals surface area contributed by atoms with Crippen LogP contribution >= 0.6 is 0 Å². The highest BCUT2D eigenvalue weighted by Gasteiger charge is 2.08. The Balaban J connectivity index is 0.000000136. The molecule has 6 aromatic carbocycles. The van der Waals surface area contributed by atoms with Crippen molar-refractivity contribution >= 4 is 65.3 Å². The van der Waals surface area contributed by atoms with Gasteiger partial charge in [-0.05, 0) is 130 Å². The molecule has 0 aliphatic carbocycles. The van der Waals surface area contributed by atoms with Crippen LogP contribution in [0.25, 0.3) is 65.3 Å². The first kappa shape index (κ1) is 57.5. The zero-order chi connectivity index (χ0) is 55.6. The highest BCUT2D eigenvalue weighted by Crippen LogP contribution is 2.27. The third-order valence-corrected chi connectivity index (χ3v) is 13.6. The van der Waals surface area contributed by atoms with E-state index in [1.165, 1.54) is 71.3 Å². The van der Waals surface area contributed by atoms with E-state index in [4.69, 9.17) is 0 Å². The lowest BCUT2D eigenvalue weighted by atomic mass is 9.98. The summed E-state index contributed by atoms with van der Waals surface area (Å²) in [5.74, 6) is 3.25. The normalized spacial score (nSPS) is 11.0. The van der Waals surface area contributed by atoms with Crippen molar-refractivity contribution in [3.63, 3.8) is 0 Å². The molecular weight excluding hydrogens is 949 g/mol. The minimum Gasteiger partial charge on any atom is -0.260 e. The highest BCUT2D eigenvalue weighted by atomic mass is 14.7. The number of rotatable bonds is 6. The van der Waals surface area contributed by atoms with Crippen molar-refractivity contribution in [3.8, 4) is 0 Å². The number of benzene rings is 6. The fourth-order valence-corrected chi connectivity index (χ4v) is 9.31. The van der Waals surface area contributed by atoms with Gasteiger partial charge in [-0.3, -0.25) is 29.9 Å². The van der Waals surface area contributed by atoms with E-state index in [0.717, 1.165) is 27.6 Å². The number of hydrogen-bond donors (Lipinski definition) is 0. The smallest absolute Gasteiger partial charge is 0.0736 e. The second-order valence-corrected chi connectivity index (χ2v) is 21.5. The van der Waals surface area contributed by atoms with Gasteiger partial charge in [0.05, 0.1) is 33.3 Å². The molecule has 12 aromatic rings. The van der Waals surface area contributed by atoms with Gasteiger partial charge in [0.1, 0.15) is 0 Å². The Kier molecular flexibility index (Phi) is 20.8. The molecule has 6 heteroatoms. The first-order chi connectivity index (χ1) is 37.7. The van der Waals surface area contributed by atoms with Crippen LogP contribution in [-0.4, -0.2) is 29.9 Å². The summed E-state index contributed by atoms with van der Waals surface area (Å²) in [5.41, 5.74) is 13.3. The molecule has 12 rings (SSSR count). The van der Waals surface area contributed by atoms with Crippen molar-refractivity contribution in [3.05, 3.63) is 253 Å². The Hall–Kier alpha value is -8.22. The average molecular weight is 1030 g/mol. The molecule has 6 heterocycles. The fraction of sp³-hybridized carbons (Fsp3) is 0.250. The van der Waals surface area contributed by atoms with Gasteiger partial charge >= 0.3 is 0 Å². The average Bonchev–Trinajstić information content (AvgIpc) is 3.47. The van der Waals surface area contributed by atoms with E-state index in [2.05, 4.69) is 265 Å². The monoisotopic (exact) mass is 1030 g/mol. The molecule has 0 atom stereocenters. The van der Waals surface area contributed by atoms with Crippen molar-refractivity contribution in [2.24, 2.45) is 0 Å². The minimum atomic E-state index is 0.492. The van der Waals surface area contributed by atoms with Gasteiger partial charge in [0.25, 0.3) is 0 Å². The van der Waals surface area contributed by atoms with E-state index < -0.39 is 0 Å². The number of pyridine rings is 6. The molecule has 78 heavy (non-hydrogen) atoms. The van der Waals surface area contributed by atoms with E-state index in [9.17, 15) is 0 Å². The van der Waals surface area contributed by atoms with Crippen molar-refractivity contribution in [2.45, 2.75) is 119 Å². The molecular formula is C72H78N6. The lowest BCUT2D eigenvalue weighted by molar-refractivity contribution is 0.830. The number of nitrogens with zero attached hydrogens (tertiary/aromatic N) is 6.